The van der Waals surface area contributed by atoms with Gasteiger partial charge < -0.3 is 5.32 Å². The zero-order chi connectivity index (χ0) is 16.1. The van der Waals surface area contributed by atoms with Gasteiger partial charge in [0.1, 0.15) is 0 Å². The van der Waals surface area contributed by atoms with Crippen LogP contribution in [0, 0.1) is 12.8 Å². The fourth-order valence-electron chi connectivity index (χ4n) is 3.49. The second kappa shape index (κ2) is 7.91. The number of rotatable bonds is 5. The Morgan fingerprint density at radius 1 is 1.22 bits per heavy atom. The van der Waals surface area contributed by atoms with Gasteiger partial charge in [0.15, 0.2) is 0 Å². The van der Waals surface area contributed by atoms with Crippen LogP contribution in [-0.4, -0.2) is 35.4 Å². The molecule has 1 aromatic heterocycles. The van der Waals surface area contributed by atoms with E-state index in [4.69, 9.17) is 0 Å². The summed E-state index contributed by atoms with van der Waals surface area (Å²) in [6.45, 7) is 4.67. The standard InChI is InChI=1S/C19H29N3O/c1-15-8-7-9-17(20-15)19(16-10-11-16)21-18(23)14-22-12-5-3-2-4-6-13-22/h7-9,16,19H,2-6,10-14H2,1H3,(H,21,23). The molecule has 2 fully saturated rings. The van der Waals surface area contributed by atoms with Crippen molar-refractivity contribution in [2.24, 2.45) is 5.92 Å². The van der Waals surface area contributed by atoms with E-state index in [-0.39, 0.29) is 11.9 Å². The van der Waals surface area contributed by atoms with Crippen LogP contribution in [0.1, 0.15) is 62.4 Å². The summed E-state index contributed by atoms with van der Waals surface area (Å²) in [6.07, 6.45) is 8.79. The van der Waals surface area contributed by atoms with Gasteiger partial charge in [-0.25, -0.2) is 0 Å². The molecule has 4 nitrogen and oxygen atoms in total. The van der Waals surface area contributed by atoms with Crippen molar-refractivity contribution in [1.82, 2.24) is 15.2 Å². The molecular formula is C19H29N3O. The highest BCUT2D eigenvalue weighted by Crippen LogP contribution is 2.40. The lowest BCUT2D eigenvalue weighted by Crippen LogP contribution is -2.40. The number of nitrogens with zero attached hydrogens (tertiary/aromatic N) is 2. The first kappa shape index (κ1) is 16.4. The summed E-state index contributed by atoms with van der Waals surface area (Å²) < 4.78 is 0. The third kappa shape index (κ3) is 5.03. The zero-order valence-corrected chi connectivity index (χ0v) is 14.3. The molecule has 3 rings (SSSR count). The Kier molecular flexibility index (Phi) is 5.65. The zero-order valence-electron chi connectivity index (χ0n) is 14.3. The number of nitrogens with one attached hydrogen (secondary N) is 1. The van der Waals surface area contributed by atoms with E-state index in [1.165, 1.54) is 44.9 Å². The van der Waals surface area contributed by atoms with Crippen molar-refractivity contribution in [1.29, 1.82) is 0 Å². The average Bonchev–Trinajstić information content (AvgIpc) is 3.32. The number of hydrogen-bond acceptors (Lipinski definition) is 3. The molecule has 1 aliphatic heterocycles. The highest BCUT2D eigenvalue weighted by Gasteiger charge is 2.34. The van der Waals surface area contributed by atoms with Gasteiger partial charge in [0.25, 0.3) is 0 Å². The Labute approximate surface area is 139 Å². The molecule has 1 unspecified atom stereocenters. The van der Waals surface area contributed by atoms with Crippen LogP contribution < -0.4 is 5.32 Å². The lowest BCUT2D eigenvalue weighted by atomic mass is 10.1. The van der Waals surface area contributed by atoms with E-state index in [0.29, 0.717) is 12.5 Å². The van der Waals surface area contributed by atoms with Crippen molar-refractivity contribution in [3.8, 4) is 0 Å². The third-order valence-electron chi connectivity index (χ3n) is 4.95. The van der Waals surface area contributed by atoms with Gasteiger partial charge in [-0.15, -0.1) is 0 Å². The van der Waals surface area contributed by atoms with Gasteiger partial charge in [-0.05, 0) is 63.7 Å². The molecule has 0 radical (unpaired) electrons. The molecule has 1 aliphatic carbocycles. The average molecular weight is 315 g/mol. The maximum atomic E-state index is 12.5. The fourth-order valence-corrected chi connectivity index (χ4v) is 3.49. The van der Waals surface area contributed by atoms with Crippen LogP contribution in [0.2, 0.25) is 0 Å². The van der Waals surface area contributed by atoms with E-state index in [2.05, 4.69) is 15.2 Å². The summed E-state index contributed by atoms with van der Waals surface area (Å²) in [5.74, 6) is 0.728. The number of likely N-dealkylation sites (tertiary alicyclic amines) is 1. The molecule has 1 saturated carbocycles. The fraction of sp³-hybridized carbons (Fsp3) is 0.684. The highest BCUT2D eigenvalue weighted by atomic mass is 16.2. The van der Waals surface area contributed by atoms with Crippen LogP contribution >= 0.6 is 0 Å². The van der Waals surface area contributed by atoms with Gasteiger partial charge in [0.2, 0.25) is 5.91 Å². The molecule has 0 spiro atoms. The second-order valence-electron chi connectivity index (χ2n) is 7.13. The van der Waals surface area contributed by atoms with Crippen molar-refractivity contribution in [2.45, 2.75) is 57.9 Å². The first-order valence-electron chi connectivity index (χ1n) is 9.17. The number of carbonyl (C=O) groups is 1. The van der Waals surface area contributed by atoms with Crippen LogP contribution in [0.3, 0.4) is 0 Å². The minimum atomic E-state index is 0.0946. The van der Waals surface area contributed by atoms with Crippen LogP contribution in [0.15, 0.2) is 18.2 Å². The van der Waals surface area contributed by atoms with E-state index >= 15 is 0 Å². The predicted molar refractivity (Wildman–Crippen MR) is 92.1 cm³/mol. The van der Waals surface area contributed by atoms with Gasteiger partial charge in [-0.1, -0.05) is 25.3 Å². The monoisotopic (exact) mass is 315 g/mol. The first-order chi connectivity index (χ1) is 11.2. The van der Waals surface area contributed by atoms with Crippen molar-refractivity contribution in [3.05, 3.63) is 29.6 Å². The third-order valence-corrected chi connectivity index (χ3v) is 4.95. The molecule has 23 heavy (non-hydrogen) atoms. The summed E-state index contributed by atoms with van der Waals surface area (Å²) in [4.78, 5) is 19.5. The second-order valence-corrected chi connectivity index (χ2v) is 7.13. The van der Waals surface area contributed by atoms with E-state index in [0.717, 1.165) is 24.5 Å². The Bertz CT molecular complexity index is 519. The molecule has 126 valence electrons. The van der Waals surface area contributed by atoms with Gasteiger partial charge in [-0.3, -0.25) is 14.7 Å². The quantitative estimate of drug-likeness (QED) is 0.907. The first-order valence-corrected chi connectivity index (χ1v) is 9.17. The molecule has 1 saturated heterocycles. The van der Waals surface area contributed by atoms with Crippen LogP contribution in [0.25, 0.3) is 0 Å². The van der Waals surface area contributed by atoms with Gasteiger partial charge in [0.05, 0.1) is 18.3 Å². The number of pyridine rings is 1. The van der Waals surface area contributed by atoms with Gasteiger partial charge in [0, 0.05) is 5.69 Å². The summed E-state index contributed by atoms with van der Waals surface area (Å²) in [5.41, 5.74) is 2.04. The summed E-state index contributed by atoms with van der Waals surface area (Å²) in [6, 6.07) is 6.19. The molecule has 4 heteroatoms. The largest absolute Gasteiger partial charge is 0.346 e. The van der Waals surface area contributed by atoms with Crippen molar-refractivity contribution in [3.63, 3.8) is 0 Å². The maximum Gasteiger partial charge on any atom is 0.234 e. The Morgan fingerprint density at radius 3 is 2.57 bits per heavy atom. The minimum absolute atomic E-state index is 0.0946. The summed E-state index contributed by atoms with van der Waals surface area (Å²) in [7, 11) is 0. The normalized spacial score (nSPS) is 21.3. The van der Waals surface area contributed by atoms with Crippen molar-refractivity contribution >= 4 is 5.91 Å². The van der Waals surface area contributed by atoms with Gasteiger partial charge in [-0.2, -0.15) is 0 Å². The van der Waals surface area contributed by atoms with Crippen molar-refractivity contribution < 1.29 is 4.79 Å². The number of aromatic nitrogens is 1. The van der Waals surface area contributed by atoms with Crippen molar-refractivity contribution in [2.75, 3.05) is 19.6 Å². The van der Waals surface area contributed by atoms with Gasteiger partial charge >= 0.3 is 0 Å². The number of carbonyl (C=O) groups excluding carboxylic acids is 1. The summed E-state index contributed by atoms with van der Waals surface area (Å²) >= 11 is 0. The molecule has 2 heterocycles. The molecule has 1 amide bonds. The highest BCUT2D eigenvalue weighted by molar-refractivity contribution is 5.78. The number of hydrogen-bond donors (Lipinski definition) is 1. The predicted octanol–water partition coefficient (Wildman–Crippen LogP) is 3.22. The maximum absolute atomic E-state index is 12.5. The van der Waals surface area contributed by atoms with Crippen LogP contribution in [0.4, 0.5) is 0 Å². The van der Waals surface area contributed by atoms with E-state index in [1.54, 1.807) is 0 Å². The number of amides is 1. The molecule has 1 N–H and O–H groups in total. The van der Waals surface area contributed by atoms with Crippen LogP contribution in [-0.2, 0) is 4.79 Å². The lowest BCUT2D eigenvalue weighted by Gasteiger charge is -2.25. The topological polar surface area (TPSA) is 45.2 Å². The molecule has 0 bridgehead atoms. The lowest BCUT2D eigenvalue weighted by molar-refractivity contribution is -0.123. The molecule has 1 atom stereocenters. The van der Waals surface area contributed by atoms with E-state index in [9.17, 15) is 4.79 Å². The Hall–Kier alpha value is -1.42. The van der Waals surface area contributed by atoms with Crippen LogP contribution in [0.5, 0.6) is 0 Å². The minimum Gasteiger partial charge on any atom is -0.346 e. The number of aryl methyl sites for hydroxylation is 1. The molecular weight excluding hydrogens is 286 g/mol. The summed E-state index contributed by atoms with van der Waals surface area (Å²) in [5, 5.41) is 3.26. The molecule has 2 aliphatic rings. The van der Waals surface area contributed by atoms with E-state index in [1.807, 2.05) is 25.1 Å². The molecule has 1 aromatic rings. The Morgan fingerprint density at radius 2 is 1.91 bits per heavy atom. The van der Waals surface area contributed by atoms with E-state index < -0.39 is 0 Å². The smallest absolute Gasteiger partial charge is 0.234 e. The Balaban J connectivity index is 1.58. The SMILES string of the molecule is Cc1cccc(C(NC(=O)CN2CCCCCCC2)C2CC2)n1. The molecule has 0 aromatic carbocycles.